The summed E-state index contributed by atoms with van der Waals surface area (Å²) in [6, 6.07) is 4.91. The van der Waals surface area contributed by atoms with Crippen molar-refractivity contribution in [3.8, 4) is 0 Å². The summed E-state index contributed by atoms with van der Waals surface area (Å²) in [7, 11) is 1.65. The van der Waals surface area contributed by atoms with Gasteiger partial charge in [-0.05, 0) is 25.0 Å². The van der Waals surface area contributed by atoms with Crippen molar-refractivity contribution in [1.82, 2.24) is 0 Å². The van der Waals surface area contributed by atoms with Gasteiger partial charge in [0.15, 0.2) is 0 Å². The van der Waals surface area contributed by atoms with Crippen LogP contribution in [0.3, 0.4) is 0 Å². The maximum Gasteiger partial charge on any atom is 0.131 e. The summed E-state index contributed by atoms with van der Waals surface area (Å²) in [6.07, 6.45) is -0.826. The van der Waals surface area contributed by atoms with E-state index in [9.17, 15) is 9.50 Å². The van der Waals surface area contributed by atoms with Crippen LogP contribution in [0.15, 0.2) is 18.2 Å². The van der Waals surface area contributed by atoms with Crippen molar-refractivity contribution >= 4 is 5.69 Å². The fourth-order valence-corrected chi connectivity index (χ4v) is 2.17. The molecule has 19 heavy (non-hydrogen) atoms. The van der Waals surface area contributed by atoms with Crippen molar-refractivity contribution in [2.24, 2.45) is 5.92 Å². The molecule has 0 aliphatic carbocycles. The van der Waals surface area contributed by atoms with Gasteiger partial charge < -0.3 is 14.7 Å². The molecule has 1 atom stereocenters. The van der Waals surface area contributed by atoms with Crippen LogP contribution in [0.25, 0.3) is 0 Å². The van der Waals surface area contributed by atoms with E-state index >= 15 is 0 Å². The van der Waals surface area contributed by atoms with Crippen molar-refractivity contribution in [1.29, 1.82) is 0 Å². The number of ether oxygens (including phenoxy) is 1. The van der Waals surface area contributed by atoms with Crippen LogP contribution in [0.2, 0.25) is 0 Å². The molecule has 1 aromatic rings. The summed E-state index contributed by atoms with van der Waals surface area (Å²) in [4.78, 5) is 2.07. The molecule has 0 saturated heterocycles. The van der Waals surface area contributed by atoms with Crippen LogP contribution in [0.5, 0.6) is 0 Å². The summed E-state index contributed by atoms with van der Waals surface area (Å²) >= 11 is 0. The third-order valence-corrected chi connectivity index (χ3v) is 2.94. The second kappa shape index (κ2) is 7.46. The molecule has 0 aromatic heterocycles. The number of aliphatic hydroxyl groups excluding tert-OH is 1. The molecule has 0 aliphatic heterocycles. The number of aliphatic hydroxyl groups is 1. The van der Waals surface area contributed by atoms with Crippen LogP contribution in [0.1, 0.15) is 32.4 Å². The van der Waals surface area contributed by atoms with Crippen molar-refractivity contribution in [2.75, 3.05) is 31.7 Å². The number of hydrogen-bond acceptors (Lipinski definition) is 3. The van der Waals surface area contributed by atoms with Crippen LogP contribution in [-0.2, 0) is 4.74 Å². The van der Waals surface area contributed by atoms with Gasteiger partial charge in [0.2, 0.25) is 0 Å². The molecule has 0 aliphatic rings. The predicted octanol–water partition coefficient (Wildman–Crippen LogP) is 2.99. The van der Waals surface area contributed by atoms with E-state index in [1.807, 2.05) is 6.07 Å². The average molecular weight is 269 g/mol. The highest BCUT2D eigenvalue weighted by molar-refractivity contribution is 5.55. The Labute approximate surface area is 115 Å². The van der Waals surface area contributed by atoms with Crippen LogP contribution in [-0.4, -0.2) is 31.9 Å². The molecule has 4 heteroatoms. The monoisotopic (exact) mass is 269 g/mol. The molecule has 0 bridgehead atoms. The molecule has 108 valence electrons. The number of methoxy groups -OCH3 is 1. The first kappa shape index (κ1) is 15.9. The van der Waals surface area contributed by atoms with E-state index in [0.717, 1.165) is 12.2 Å². The predicted molar refractivity (Wildman–Crippen MR) is 76.0 cm³/mol. The van der Waals surface area contributed by atoms with Gasteiger partial charge >= 0.3 is 0 Å². The highest BCUT2D eigenvalue weighted by Gasteiger charge is 2.18. The Morgan fingerprint density at radius 2 is 2.00 bits per heavy atom. The average Bonchev–Trinajstić information content (AvgIpc) is 2.33. The van der Waals surface area contributed by atoms with Gasteiger partial charge in [0.25, 0.3) is 0 Å². The van der Waals surface area contributed by atoms with Crippen molar-refractivity contribution in [3.63, 3.8) is 0 Å². The second-order valence-electron chi connectivity index (χ2n) is 5.18. The first-order chi connectivity index (χ1) is 8.97. The Bertz CT molecular complexity index is 394. The summed E-state index contributed by atoms with van der Waals surface area (Å²) in [5.74, 6) is 0.0839. The van der Waals surface area contributed by atoms with Gasteiger partial charge in [0, 0.05) is 31.5 Å². The van der Waals surface area contributed by atoms with E-state index in [0.29, 0.717) is 24.6 Å². The number of rotatable bonds is 7. The summed E-state index contributed by atoms with van der Waals surface area (Å²) in [6.45, 7) is 7.86. The van der Waals surface area contributed by atoms with E-state index in [4.69, 9.17) is 4.74 Å². The molecule has 0 unspecified atom stereocenters. The highest BCUT2D eigenvalue weighted by atomic mass is 19.1. The molecular weight excluding hydrogens is 245 g/mol. The largest absolute Gasteiger partial charge is 0.389 e. The Morgan fingerprint density at radius 3 is 2.53 bits per heavy atom. The molecular formula is C15H24FNO2. The summed E-state index contributed by atoms with van der Waals surface area (Å²) in [5.41, 5.74) is 1.11. The van der Waals surface area contributed by atoms with E-state index in [1.165, 1.54) is 6.07 Å². The van der Waals surface area contributed by atoms with E-state index in [1.54, 1.807) is 20.1 Å². The van der Waals surface area contributed by atoms with Gasteiger partial charge in [-0.15, -0.1) is 0 Å². The minimum atomic E-state index is -0.826. The van der Waals surface area contributed by atoms with Gasteiger partial charge in [-0.3, -0.25) is 0 Å². The Balaban J connectivity index is 3.09. The number of hydrogen-bond donors (Lipinski definition) is 1. The molecule has 3 nitrogen and oxygen atoms in total. The van der Waals surface area contributed by atoms with Gasteiger partial charge in [-0.2, -0.15) is 0 Å². The van der Waals surface area contributed by atoms with E-state index in [-0.39, 0.29) is 5.82 Å². The van der Waals surface area contributed by atoms with Crippen LogP contribution < -0.4 is 4.90 Å². The molecule has 1 rings (SSSR count). The minimum absolute atomic E-state index is 0.360. The lowest BCUT2D eigenvalue weighted by Crippen LogP contribution is -2.32. The molecule has 0 fully saturated rings. The SMILES string of the molecule is COCCN(CC(C)C)c1cccc(F)c1[C@@H](C)O. The summed E-state index contributed by atoms with van der Waals surface area (Å²) in [5, 5.41) is 9.80. The maximum absolute atomic E-state index is 13.9. The highest BCUT2D eigenvalue weighted by Crippen LogP contribution is 2.29. The number of anilines is 1. The number of benzene rings is 1. The molecule has 0 spiro atoms. The Hall–Kier alpha value is -1.13. The maximum atomic E-state index is 13.9. The third-order valence-electron chi connectivity index (χ3n) is 2.94. The van der Waals surface area contributed by atoms with Crippen molar-refractivity contribution in [2.45, 2.75) is 26.9 Å². The lowest BCUT2D eigenvalue weighted by atomic mass is 10.1. The van der Waals surface area contributed by atoms with Crippen LogP contribution in [0, 0.1) is 11.7 Å². The quantitative estimate of drug-likeness (QED) is 0.826. The second-order valence-corrected chi connectivity index (χ2v) is 5.18. The van der Waals surface area contributed by atoms with Gasteiger partial charge in [0.05, 0.1) is 12.7 Å². The Morgan fingerprint density at radius 1 is 1.32 bits per heavy atom. The van der Waals surface area contributed by atoms with E-state index in [2.05, 4.69) is 18.7 Å². The molecule has 1 N–H and O–H groups in total. The number of halogens is 1. The van der Waals surface area contributed by atoms with Crippen molar-refractivity contribution in [3.05, 3.63) is 29.6 Å². The standard InChI is InChI=1S/C15H24FNO2/c1-11(2)10-17(8-9-19-4)14-7-5-6-13(16)15(14)12(3)18/h5-7,11-12,18H,8-10H2,1-4H3/t12-/m1/s1. The molecule has 0 amide bonds. The first-order valence-electron chi connectivity index (χ1n) is 6.67. The van der Waals surface area contributed by atoms with Gasteiger partial charge in [0.1, 0.15) is 5.82 Å². The number of nitrogens with zero attached hydrogens (tertiary/aromatic N) is 1. The lowest BCUT2D eigenvalue weighted by molar-refractivity contribution is 0.192. The molecule has 0 heterocycles. The van der Waals surface area contributed by atoms with Crippen LogP contribution in [0.4, 0.5) is 10.1 Å². The first-order valence-corrected chi connectivity index (χ1v) is 6.67. The molecule has 0 radical (unpaired) electrons. The topological polar surface area (TPSA) is 32.7 Å². The summed E-state index contributed by atoms with van der Waals surface area (Å²) < 4.78 is 19.0. The van der Waals surface area contributed by atoms with Crippen LogP contribution >= 0.6 is 0 Å². The normalized spacial score (nSPS) is 12.8. The zero-order valence-corrected chi connectivity index (χ0v) is 12.2. The lowest BCUT2D eigenvalue weighted by Gasteiger charge is -2.29. The fraction of sp³-hybridized carbons (Fsp3) is 0.600. The minimum Gasteiger partial charge on any atom is -0.389 e. The zero-order valence-electron chi connectivity index (χ0n) is 12.2. The zero-order chi connectivity index (χ0) is 14.4. The van der Waals surface area contributed by atoms with Gasteiger partial charge in [-0.1, -0.05) is 19.9 Å². The van der Waals surface area contributed by atoms with Crippen molar-refractivity contribution < 1.29 is 14.2 Å². The van der Waals surface area contributed by atoms with E-state index < -0.39 is 6.10 Å². The molecule has 1 aromatic carbocycles. The Kier molecular flexibility index (Phi) is 6.25. The molecule has 0 saturated carbocycles. The third kappa shape index (κ3) is 4.48. The van der Waals surface area contributed by atoms with Gasteiger partial charge in [-0.25, -0.2) is 4.39 Å². The smallest absolute Gasteiger partial charge is 0.131 e. The fourth-order valence-electron chi connectivity index (χ4n) is 2.17.